The molecule has 2 aliphatic rings. The van der Waals surface area contributed by atoms with E-state index in [9.17, 15) is 4.79 Å². The summed E-state index contributed by atoms with van der Waals surface area (Å²) >= 11 is 0. The van der Waals surface area contributed by atoms with E-state index in [1.54, 1.807) is 0 Å². The van der Waals surface area contributed by atoms with Gasteiger partial charge in [0.05, 0.1) is 13.2 Å². The normalized spacial score (nSPS) is 24.6. The molecule has 1 heterocycles. The molecule has 1 amide bonds. The Hall–Kier alpha value is -0.610. The van der Waals surface area contributed by atoms with Gasteiger partial charge >= 0.3 is 0 Å². The van der Waals surface area contributed by atoms with E-state index in [0.717, 1.165) is 38.6 Å². The van der Waals surface area contributed by atoms with Crippen molar-refractivity contribution in [2.75, 3.05) is 32.8 Å². The molecule has 1 aliphatic heterocycles. The molecule has 0 aromatic rings. The number of carbonyl (C=O) groups excluding carboxylic acids is 1. The maximum absolute atomic E-state index is 12.5. The first kappa shape index (κ1) is 15.8. The Labute approximate surface area is 123 Å². The largest absolute Gasteiger partial charge is 0.378 e. The minimum atomic E-state index is 0.210. The molecule has 0 spiro atoms. The van der Waals surface area contributed by atoms with Gasteiger partial charge in [-0.05, 0) is 25.2 Å². The van der Waals surface area contributed by atoms with Gasteiger partial charge in [0.2, 0.25) is 5.91 Å². The lowest BCUT2D eigenvalue weighted by atomic mass is 9.89. The number of ether oxygens (including phenoxy) is 1. The van der Waals surface area contributed by atoms with Crippen molar-refractivity contribution >= 4 is 5.91 Å². The lowest BCUT2D eigenvalue weighted by molar-refractivity contribution is -0.133. The zero-order chi connectivity index (χ0) is 14.2. The van der Waals surface area contributed by atoms with Crippen LogP contribution in [0.1, 0.15) is 51.9 Å². The Bertz CT molecular complexity index is 284. The molecule has 116 valence electrons. The van der Waals surface area contributed by atoms with E-state index < -0.39 is 0 Å². The molecule has 0 radical (unpaired) electrons. The third-order valence-corrected chi connectivity index (χ3v) is 4.47. The SMILES string of the molecule is CCCN(CC1CCCCC1)C(=O)CC1COCCN1. The van der Waals surface area contributed by atoms with Crippen LogP contribution in [0.15, 0.2) is 0 Å². The maximum Gasteiger partial charge on any atom is 0.224 e. The van der Waals surface area contributed by atoms with Gasteiger partial charge in [-0.15, -0.1) is 0 Å². The van der Waals surface area contributed by atoms with Crippen molar-refractivity contribution in [1.82, 2.24) is 10.2 Å². The maximum atomic E-state index is 12.5. The van der Waals surface area contributed by atoms with Gasteiger partial charge in [0.1, 0.15) is 0 Å². The van der Waals surface area contributed by atoms with E-state index in [-0.39, 0.29) is 6.04 Å². The van der Waals surface area contributed by atoms with Gasteiger partial charge in [0, 0.05) is 32.1 Å². The molecule has 20 heavy (non-hydrogen) atoms. The van der Waals surface area contributed by atoms with Crippen molar-refractivity contribution in [2.24, 2.45) is 5.92 Å². The second kappa shape index (κ2) is 8.63. The van der Waals surface area contributed by atoms with Gasteiger partial charge in [-0.3, -0.25) is 4.79 Å². The third kappa shape index (κ3) is 5.06. The molecule has 1 unspecified atom stereocenters. The minimum absolute atomic E-state index is 0.210. The molecule has 1 atom stereocenters. The Morgan fingerprint density at radius 1 is 1.30 bits per heavy atom. The number of hydrogen-bond acceptors (Lipinski definition) is 3. The predicted octanol–water partition coefficient (Wildman–Crippen LogP) is 2.18. The highest BCUT2D eigenvalue weighted by atomic mass is 16.5. The number of carbonyl (C=O) groups is 1. The summed E-state index contributed by atoms with van der Waals surface area (Å²) in [6.45, 7) is 6.35. The number of nitrogens with zero attached hydrogens (tertiary/aromatic N) is 1. The van der Waals surface area contributed by atoms with Crippen LogP contribution in [0, 0.1) is 5.92 Å². The van der Waals surface area contributed by atoms with Crippen molar-refractivity contribution in [3.05, 3.63) is 0 Å². The van der Waals surface area contributed by atoms with Gasteiger partial charge in [-0.2, -0.15) is 0 Å². The fraction of sp³-hybridized carbons (Fsp3) is 0.938. The summed E-state index contributed by atoms with van der Waals surface area (Å²) in [5, 5.41) is 3.38. The monoisotopic (exact) mass is 282 g/mol. The molecule has 1 N–H and O–H groups in total. The minimum Gasteiger partial charge on any atom is -0.378 e. The zero-order valence-electron chi connectivity index (χ0n) is 12.9. The lowest BCUT2D eigenvalue weighted by Crippen LogP contribution is -2.46. The van der Waals surface area contributed by atoms with Crippen LogP contribution in [0.4, 0.5) is 0 Å². The van der Waals surface area contributed by atoms with Crippen LogP contribution in [0.25, 0.3) is 0 Å². The highest BCUT2D eigenvalue weighted by Crippen LogP contribution is 2.24. The first-order valence-corrected chi connectivity index (χ1v) is 8.38. The third-order valence-electron chi connectivity index (χ3n) is 4.47. The average molecular weight is 282 g/mol. The second-order valence-corrected chi connectivity index (χ2v) is 6.27. The van der Waals surface area contributed by atoms with Gasteiger partial charge in [-0.1, -0.05) is 26.2 Å². The topological polar surface area (TPSA) is 41.6 Å². The van der Waals surface area contributed by atoms with Crippen molar-refractivity contribution in [3.8, 4) is 0 Å². The molecule has 0 aromatic carbocycles. The number of hydrogen-bond donors (Lipinski definition) is 1. The van der Waals surface area contributed by atoms with Crippen LogP contribution < -0.4 is 5.32 Å². The number of morpholine rings is 1. The van der Waals surface area contributed by atoms with Crippen molar-refractivity contribution in [1.29, 1.82) is 0 Å². The molecule has 2 rings (SSSR count). The predicted molar refractivity (Wildman–Crippen MR) is 80.7 cm³/mol. The molecule has 1 aliphatic carbocycles. The van der Waals surface area contributed by atoms with Gasteiger partial charge in [0.25, 0.3) is 0 Å². The quantitative estimate of drug-likeness (QED) is 0.812. The number of nitrogens with one attached hydrogen (secondary N) is 1. The van der Waals surface area contributed by atoms with E-state index in [1.807, 2.05) is 0 Å². The lowest BCUT2D eigenvalue weighted by Gasteiger charge is -2.31. The Kier molecular flexibility index (Phi) is 6.80. The van der Waals surface area contributed by atoms with Gasteiger partial charge in [0.15, 0.2) is 0 Å². The summed E-state index contributed by atoms with van der Waals surface area (Å²) in [6.07, 6.45) is 8.31. The van der Waals surface area contributed by atoms with Crippen LogP contribution in [-0.4, -0.2) is 49.7 Å². The first-order chi connectivity index (χ1) is 9.79. The Morgan fingerprint density at radius 2 is 2.10 bits per heavy atom. The first-order valence-electron chi connectivity index (χ1n) is 8.38. The van der Waals surface area contributed by atoms with Crippen LogP contribution >= 0.6 is 0 Å². The van der Waals surface area contributed by atoms with E-state index in [2.05, 4.69) is 17.1 Å². The van der Waals surface area contributed by atoms with E-state index in [0.29, 0.717) is 18.9 Å². The Morgan fingerprint density at radius 3 is 2.75 bits per heavy atom. The summed E-state index contributed by atoms with van der Waals surface area (Å²) in [5.74, 6) is 1.04. The van der Waals surface area contributed by atoms with Crippen molar-refractivity contribution < 1.29 is 9.53 Å². The molecule has 4 nitrogen and oxygen atoms in total. The van der Waals surface area contributed by atoms with Crippen LogP contribution in [0.3, 0.4) is 0 Å². The highest BCUT2D eigenvalue weighted by Gasteiger charge is 2.23. The molecular weight excluding hydrogens is 252 g/mol. The van der Waals surface area contributed by atoms with Crippen molar-refractivity contribution in [2.45, 2.75) is 57.9 Å². The standard InChI is InChI=1S/C16H30N2O2/c1-2-9-18(12-14-6-4-3-5-7-14)16(19)11-15-13-20-10-8-17-15/h14-15,17H,2-13H2,1H3. The van der Waals surface area contributed by atoms with E-state index >= 15 is 0 Å². The summed E-state index contributed by atoms with van der Waals surface area (Å²) < 4.78 is 5.44. The fourth-order valence-corrected chi connectivity index (χ4v) is 3.36. The van der Waals surface area contributed by atoms with E-state index in [1.165, 1.54) is 32.1 Å². The molecule has 0 bridgehead atoms. The summed E-state index contributed by atoms with van der Waals surface area (Å²) in [4.78, 5) is 14.6. The molecule has 4 heteroatoms. The zero-order valence-corrected chi connectivity index (χ0v) is 12.9. The molecular formula is C16H30N2O2. The van der Waals surface area contributed by atoms with Gasteiger partial charge in [-0.25, -0.2) is 0 Å². The molecule has 2 fully saturated rings. The Balaban J connectivity index is 1.80. The van der Waals surface area contributed by atoms with Crippen LogP contribution in [0.5, 0.6) is 0 Å². The van der Waals surface area contributed by atoms with Crippen LogP contribution in [0.2, 0.25) is 0 Å². The molecule has 0 aromatic heterocycles. The van der Waals surface area contributed by atoms with E-state index in [4.69, 9.17) is 4.74 Å². The molecule has 1 saturated carbocycles. The summed E-state index contributed by atoms with van der Waals surface area (Å²) in [5.41, 5.74) is 0. The van der Waals surface area contributed by atoms with Gasteiger partial charge < -0.3 is 15.0 Å². The average Bonchev–Trinajstić information content (AvgIpc) is 2.49. The fourth-order valence-electron chi connectivity index (χ4n) is 3.36. The second-order valence-electron chi connectivity index (χ2n) is 6.27. The van der Waals surface area contributed by atoms with Crippen molar-refractivity contribution in [3.63, 3.8) is 0 Å². The molecule has 1 saturated heterocycles. The number of rotatable bonds is 6. The number of amides is 1. The summed E-state index contributed by atoms with van der Waals surface area (Å²) in [6, 6.07) is 0.210. The summed E-state index contributed by atoms with van der Waals surface area (Å²) in [7, 11) is 0. The smallest absolute Gasteiger partial charge is 0.224 e. The van der Waals surface area contributed by atoms with Crippen LogP contribution in [-0.2, 0) is 9.53 Å². The highest BCUT2D eigenvalue weighted by molar-refractivity contribution is 5.76.